The van der Waals surface area contributed by atoms with E-state index in [1.165, 1.54) is 43.4 Å². The van der Waals surface area contributed by atoms with E-state index in [2.05, 4.69) is 25.2 Å². The molecule has 0 bridgehead atoms. The van der Waals surface area contributed by atoms with Gasteiger partial charge in [-0.15, -0.1) is 10.2 Å². The summed E-state index contributed by atoms with van der Waals surface area (Å²) in [7, 11) is -6.16. The average molecular weight is 655 g/mol. The predicted molar refractivity (Wildman–Crippen MR) is 138 cm³/mol. The first-order chi connectivity index (χ1) is 18.7. The van der Waals surface area contributed by atoms with Crippen molar-refractivity contribution in [2.24, 2.45) is 10.2 Å². The Morgan fingerprint density at radius 3 is 2.14 bits per heavy atom. The zero-order valence-corrected chi connectivity index (χ0v) is 29.0. The summed E-state index contributed by atoms with van der Waals surface area (Å²) < 4.78 is 81.4. The normalized spacial score (nSPS) is 11.6. The molecular formula is C22H17ClN6Na2O9S2. The van der Waals surface area contributed by atoms with Crippen LogP contribution in [-0.2, 0) is 20.2 Å². The van der Waals surface area contributed by atoms with Gasteiger partial charge < -0.3 is 28.6 Å². The van der Waals surface area contributed by atoms with E-state index in [0.717, 1.165) is 18.2 Å². The molecule has 0 fully saturated rings. The molecule has 1 aromatic heterocycles. The third kappa shape index (κ3) is 7.86. The maximum Gasteiger partial charge on any atom is 1.00 e. The number of benzene rings is 3. The Morgan fingerprint density at radius 2 is 1.55 bits per heavy atom. The van der Waals surface area contributed by atoms with E-state index in [1.54, 1.807) is 7.05 Å². The fraction of sp³-hybridized carbons (Fsp3) is 0.136. The van der Waals surface area contributed by atoms with Gasteiger partial charge >= 0.3 is 65.1 Å². The van der Waals surface area contributed by atoms with Crippen molar-refractivity contribution >= 4 is 65.6 Å². The van der Waals surface area contributed by atoms with Crippen molar-refractivity contribution in [1.29, 1.82) is 0 Å². The molecule has 4 aromatic rings. The molecule has 1 heterocycles. The number of phenols is 1. The second-order valence-corrected chi connectivity index (χ2v) is 10.9. The molecule has 4 rings (SSSR count). The summed E-state index contributed by atoms with van der Waals surface area (Å²) in [5.74, 6) is -0.635. The first-order valence-corrected chi connectivity index (χ1v) is 13.9. The van der Waals surface area contributed by atoms with E-state index in [4.69, 9.17) is 21.1 Å². The molecule has 0 atom stereocenters. The predicted octanol–water partition coefficient (Wildman–Crippen LogP) is -2.60. The molecule has 42 heavy (non-hydrogen) atoms. The molecule has 0 amide bonds. The molecule has 0 spiro atoms. The number of phenolic OH excluding ortho intramolecular Hbond substituents is 1. The van der Waals surface area contributed by atoms with E-state index < -0.39 is 47.2 Å². The third-order valence-electron chi connectivity index (χ3n) is 5.44. The number of hydrogen-bond donors (Lipinski definition) is 1. The van der Waals surface area contributed by atoms with Crippen molar-refractivity contribution in [2.75, 3.05) is 26.2 Å². The molecule has 210 valence electrons. The van der Waals surface area contributed by atoms with Crippen LogP contribution in [-0.4, -0.2) is 67.3 Å². The van der Waals surface area contributed by atoms with Crippen LogP contribution in [0.5, 0.6) is 17.5 Å². The van der Waals surface area contributed by atoms with Gasteiger partial charge in [-0.2, -0.15) is 15.0 Å². The van der Waals surface area contributed by atoms with Crippen LogP contribution in [0.3, 0.4) is 0 Å². The van der Waals surface area contributed by atoms with Gasteiger partial charge in [0.05, 0.1) is 24.0 Å². The largest absolute Gasteiger partial charge is 1.00 e. The fourth-order valence-corrected chi connectivity index (χ4v) is 4.94. The summed E-state index contributed by atoms with van der Waals surface area (Å²) in [5, 5.41) is 18.2. The van der Waals surface area contributed by atoms with Gasteiger partial charge in [-0.05, 0) is 59.5 Å². The van der Waals surface area contributed by atoms with Crippen LogP contribution in [0, 0.1) is 0 Å². The van der Waals surface area contributed by atoms with Gasteiger partial charge in [0.15, 0.2) is 5.75 Å². The summed E-state index contributed by atoms with van der Waals surface area (Å²) in [6, 6.07) is 8.52. The summed E-state index contributed by atoms with van der Waals surface area (Å²) >= 11 is 5.91. The summed E-state index contributed by atoms with van der Waals surface area (Å²) in [6.07, 6.45) is 0. The molecule has 20 heteroatoms. The third-order valence-corrected chi connectivity index (χ3v) is 7.33. The zero-order valence-electron chi connectivity index (χ0n) is 22.6. The van der Waals surface area contributed by atoms with Gasteiger partial charge in [0.1, 0.15) is 37.4 Å². The number of anilines is 2. The monoisotopic (exact) mass is 654 g/mol. The van der Waals surface area contributed by atoms with E-state index in [1.807, 2.05) is 0 Å². The SMILES string of the molecule is COc1ccc(N=Nc2c(S(=O)(=O)[O-])cc3cc(N(C)c4nc(Cl)nc(OC)n4)ccc3c2O)c(S(=O)(=O)[O-])c1.[Na+].[Na+]. The van der Waals surface area contributed by atoms with Crippen molar-refractivity contribution in [3.05, 3.63) is 47.7 Å². The van der Waals surface area contributed by atoms with Gasteiger partial charge in [0.2, 0.25) is 11.2 Å². The molecule has 0 radical (unpaired) electrons. The number of methoxy groups -OCH3 is 2. The molecule has 0 unspecified atom stereocenters. The number of rotatable bonds is 8. The Kier molecular flexibility index (Phi) is 12.1. The molecule has 3 aromatic carbocycles. The van der Waals surface area contributed by atoms with Crippen molar-refractivity contribution in [3.63, 3.8) is 0 Å². The number of fused-ring (bicyclic) bond motifs is 1. The Balaban J connectivity index is 0.00000308. The second kappa shape index (κ2) is 14.1. The first kappa shape index (κ1) is 36.0. The number of nitrogens with zero attached hydrogens (tertiary/aromatic N) is 6. The van der Waals surface area contributed by atoms with Crippen molar-refractivity contribution in [1.82, 2.24) is 15.0 Å². The van der Waals surface area contributed by atoms with Crippen molar-refractivity contribution in [2.45, 2.75) is 9.79 Å². The van der Waals surface area contributed by atoms with Crippen LogP contribution in [0.1, 0.15) is 0 Å². The summed E-state index contributed by atoms with van der Waals surface area (Å²) in [4.78, 5) is 11.6. The van der Waals surface area contributed by atoms with E-state index in [9.17, 15) is 31.0 Å². The Hall–Kier alpha value is -2.16. The molecule has 1 N–H and O–H groups in total. The Labute approximate surface area is 289 Å². The maximum absolute atomic E-state index is 12.1. The van der Waals surface area contributed by atoms with Crippen LogP contribution >= 0.6 is 11.6 Å². The number of aromatic hydroxyl groups is 1. The van der Waals surface area contributed by atoms with Gasteiger partial charge in [-0.25, -0.2) is 16.8 Å². The smallest absolute Gasteiger partial charge is 0.744 e. The van der Waals surface area contributed by atoms with E-state index in [-0.39, 0.29) is 92.9 Å². The summed E-state index contributed by atoms with van der Waals surface area (Å²) in [6.45, 7) is 0. The standard InChI is InChI=1S/C22H19ClN6O9S2.2Na/c1-29(21-24-20(23)25-22(26-21)38-3)12-4-6-14-11(8-12)9-17(40(34,35)36)18(19(14)30)28-27-15-7-5-13(37-2)10-16(15)39(31,32)33;;/h4-10,30H,1-3H3,(H,31,32,33)(H,34,35,36);;/q;2*+1/p-2. The molecule has 0 aliphatic heterocycles. The van der Waals surface area contributed by atoms with Gasteiger partial charge in [0, 0.05) is 18.1 Å². The Morgan fingerprint density at radius 1 is 0.881 bits per heavy atom. The van der Waals surface area contributed by atoms with E-state index in [0.29, 0.717) is 5.69 Å². The minimum absolute atomic E-state index is 0. The molecule has 0 saturated heterocycles. The van der Waals surface area contributed by atoms with Crippen LogP contribution in [0.25, 0.3) is 10.8 Å². The molecule has 15 nitrogen and oxygen atoms in total. The number of ether oxygens (including phenoxy) is 2. The first-order valence-electron chi connectivity index (χ1n) is 10.7. The minimum Gasteiger partial charge on any atom is -0.744 e. The fourth-order valence-electron chi connectivity index (χ4n) is 3.52. The maximum atomic E-state index is 12.1. The van der Waals surface area contributed by atoms with Crippen molar-refractivity contribution in [3.8, 4) is 17.5 Å². The number of aromatic nitrogens is 3. The number of hydrogen-bond acceptors (Lipinski definition) is 15. The van der Waals surface area contributed by atoms with E-state index >= 15 is 0 Å². The summed E-state index contributed by atoms with van der Waals surface area (Å²) in [5.41, 5.74) is -0.848. The van der Waals surface area contributed by atoms with Crippen molar-refractivity contribution < 1.29 is 99.6 Å². The second-order valence-electron chi connectivity index (χ2n) is 7.87. The van der Waals surface area contributed by atoms with Gasteiger partial charge in [-0.3, -0.25) is 0 Å². The molecule has 0 aliphatic rings. The molecule has 0 saturated carbocycles. The minimum atomic E-state index is -5.25. The van der Waals surface area contributed by atoms with Crippen LogP contribution in [0.15, 0.2) is 62.5 Å². The Bertz CT molecular complexity index is 1900. The van der Waals surface area contributed by atoms with Gasteiger partial charge in [-0.1, -0.05) is 0 Å². The van der Waals surface area contributed by atoms with Crippen LogP contribution in [0.4, 0.5) is 23.0 Å². The average Bonchev–Trinajstić information content (AvgIpc) is 2.90. The topological polar surface area (TPSA) is 220 Å². The zero-order chi connectivity index (χ0) is 29.4. The molecule has 0 aliphatic carbocycles. The van der Waals surface area contributed by atoms with Crippen LogP contribution < -0.4 is 73.5 Å². The number of azo groups is 1. The van der Waals surface area contributed by atoms with Gasteiger partial charge in [0.25, 0.3) is 0 Å². The number of halogens is 1. The van der Waals surface area contributed by atoms with Crippen LogP contribution in [0.2, 0.25) is 5.28 Å². The quantitative estimate of drug-likeness (QED) is 0.117. The molecular weight excluding hydrogens is 638 g/mol.